The molecule has 1 N–H and O–H groups in total. The van der Waals surface area contributed by atoms with Crippen molar-refractivity contribution in [3.05, 3.63) is 24.2 Å². The van der Waals surface area contributed by atoms with Gasteiger partial charge in [-0.15, -0.1) is 0 Å². The predicted molar refractivity (Wildman–Crippen MR) is 73.3 cm³/mol. The number of aliphatic hydroxyl groups is 1. The molecule has 20 heavy (non-hydrogen) atoms. The Kier molecular flexibility index (Phi) is 4.41. The minimum Gasteiger partial charge on any atom is -0.467 e. The highest BCUT2D eigenvalue weighted by Crippen LogP contribution is 2.38. The molecular weight excluding hydrogens is 258 g/mol. The van der Waals surface area contributed by atoms with E-state index in [1.807, 2.05) is 12.1 Å². The van der Waals surface area contributed by atoms with E-state index in [9.17, 15) is 5.11 Å². The molecule has 2 heterocycles. The minimum atomic E-state index is -0.458. The summed E-state index contributed by atoms with van der Waals surface area (Å²) in [6.07, 6.45) is 4.76. The Labute approximate surface area is 119 Å². The molecule has 0 aromatic carbocycles. The van der Waals surface area contributed by atoms with Crippen LogP contribution in [0.1, 0.15) is 25.0 Å². The number of rotatable bonds is 6. The Morgan fingerprint density at radius 3 is 3.05 bits per heavy atom. The fraction of sp³-hybridized carbons (Fsp3) is 0.733. The van der Waals surface area contributed by atoms with Crippen LogP contribution in [0.25, 0.3) is 0 Å². The summed E-state index contributed by atoms with van der Waals surface area (Å²) in [5.41, 5.74) is 0.0903. The minimum absolute atomic E-state index is 0.0903. The van der Waals surface area contributed by atoms with Crippen LogP contribution in [-0.4, -0.2) is 54.6 Å². The van der Waals surface area contributed by atoms with Crippen LogP contribution in [0.15, 0.2) is 22.8 Å². The van der Waals surface area contributed by atoms with Crippen LogP contribution in [0.3, 0.4) is 0 Å². The number of ether oxygens (including phenoxy) is 2. The van der Waals surface area contributed by atoms with E-state index in [1.165, 1.54) is 6.42 Å². The molecule has 1 atom stereocenters. The van der Waals surface area contributed by atoms with Crippen LogP contribution >= 0.6 is 0 Å². The molecule has 2 aliphatic rings. The third-order valence-electron chi connectivity index (χ3n) is 4.20. The van der Waals surface area contributed by atoms with Gasteiger partial charge in [-0.3, -0.25) is 4.90 Å². The lowest BCUT2D eigenvalue weighted by Crippen LogP contribution is -2.57. The number of β-amino-alcohol motifs (C(OH)–C–C–N with tert-alkyl or cyclic N) is 1. The van der Waals surface area contributed by atoms with Gasteiger partial charge in [-0.25, -0.2) is 0 Å². The molecule has 0 amide bonds. The number of hydrogen-bond acceptors (Lipinski definition) is 5. The molecule has 1 saturated heterocycles. The smallest absolute Gasteiger partial charge is 0.129 e. The van der Waals surface area contributed by atoms with Gasteiger partial charge in [0.05, 0.1) is 31.2 Å². The first kappa shape index (κ1) is 14.1. The molecule has 0 radical (unpaired) electrons. The fourth-order valence-corrected chi connectivity index (χ4v) is 2.99. The van der Waals surface area contributed by atoms with Crippen LogP contribution in [0.5, 0.6) is 0 Å². The van der Waals surface area contributed by atoms with Crippen molar-refractivity contribution in [2.75, 3.05) is 32.8 Å². The zero-order valence-electron chi connectivity index (χ0n) is 11.8. The summed E-state index contributed by atoms with van der Waals surface area (Å²) in [4.78, 5) is 2.30. The largest absolute Gasteiger partial charge is 0.467 e. The third-order valence-corrected chi connectivity index (χ3v) is 4.20. The highest BCUT2D eigenvalue weighted by Gasteiger charge is 2.42. The molecule has 5 heteroatoms. The molecule has 1 aliphatic carbocycles. The maximum absolute atomic E-state index is 10.1. The van der Waals surface area contributed by atoms with E-state index in [1.54, 1.807) is 6.26 Å². The zero-order chi connectivity index (χ0) is 13.8. The van der Waals surface area contributed by atoms with Crippen molar-refractivity contribution in [1.82, 2.24) is 4.90 Å². The van der Waals surface area contributed by atoms with Crippen molar-refractivity contribution in [1.29, 1.82) is 0 Å². The number of morpholine rings is 1. The van der Waals surface area contributed by atoms with Crippen molar-refractivity contribution in [3.8, 4) is 0 Å². The van der Waals surface area contributed by atoms with E-state index in [4.69, 9.17) is 13.9 Å². The summed E-state index contributed by atoms with van der Waals surface area (Å²) < 4.78 is 16.5. The standard InChI is InChI=1S/C15H23NO4/c17-13(10-18-11-14-3-1-7-19-14)9-16-6-8-20-15(12-16)4-2-5-15/h1,3,7,13,17H,2,4-6,8-12H2. The summed E-state index contributed by atoms with van der Waals surface area (Å²) in [5.74, 6) is 0.789. The Balaban J connectivity index is 1.36. The monoisotopic (exact) mass is 281 g/mol. The predicted octanol–water partition coefficient (Wildman–Crippen LogP) is 1.41. The second-order valence-electron chi connectivity index (χ2n) is 5.87. The SMILES string of the molecule is OC(COCc1ccco1)CN1CCOC2(CCC2)C1. The second kappa shape index (κ2) is 6.26. The molecule has 1 aromatic heterocycles. The van der Waals surface area contributed by atoms with Gasteiger partial charge in [-0.05, 0) is 31.4 Å². The van der Waals surface area contributed by atoms with Crippen molar-refractivity contribution >= 4 is 0 Å². The lowest BCUT2D eigenvalue weighted by atomic mass is 9.79. The molecule has 1 aliphatic heterocycles. The summed E-state index contributed by atoms with van der Waals surface area (Å²) in [7, 11) is 0. The van der Waals surface area contributed by atoms with Crippen molar-refractivity contribution in [3.63, 3.8) is 0 Å². The van der Waals surface area contributed by atoms with Gasteiger partial charge in [0.2, 0.25) is 0 Å². The molecule has 0 bridgehead atoms. The first-order valence-corrected chi connectivity index (χ1v) is 7.40. The maximum atomic E-state index is 10.1. The Morgan fingerprint density at radius 1 is 1.45 bits per heavy atom. The fourth-order valence-electron chi connectivity index (χ4n) is 2.99. The Morgan fingerprint density at radius 2 is 2.35 bits per heavy atom. The van der Waals surface area contributed by atoms with Gasteiger partial charge in [-0.1, -0.05) is 0 Å². The number of nitrogens with zero attached hydrogens (tertiary/aromatic N) is 1. The van der Waals surface area contributed by atoms with Gasteiger partial charge in [0.15, 0.2) is 0 Å². The topological polar surface area (TPSA) is 55.1 Å². The first-order chi connectivity index (χ1) is 9.76. The first-order valence-electron chi connectivity index (χ1n) is 7.40. The number of aliphatic hydroxyl groups excluding tert-OH is 1. The maximum Gasteiger partial charge on any atom is 0.129 e. The quantitative estimate of drug-likeness (QED) is 0.854. The van der Waals surface area contributed by atoms with Gasteiger partial charge in [0, 0.05) is 19.6 Å². The molecule has 1 aromatic rings. The van der Waals surface area contributed by atoms with Crippen molar-refractivity contribution in [2.24, 2.45) is 0 Å². The molecule has 1 saturated carbocycles. The lowest BCUT2D eigenvalue weighted by molar-refractivity contribution is -0.156. The highest BCUT2D eigenvalue weighted by molar-refractivity contribution is 4.96. The average molecular weight is 281 g/mol. The van der Waals surface area contributed by atoms with E-state index in [0.29, 0.717) is 19.8 Å². The molecule has 3 rings (SSSR count). The third kappa shape index (κ3) is 3.41. The molecule has 112 valence electrons. The molecular formula is C15H23NO4. The zero-order valence-corrected chi connectivity index (χ0v) is 11.8. The Bertz CT molecular complexity index is 402. The van der Waals surface area contributed by atoms with E-state index in [-0.39, 0.29) is 5.60 Å². The van der Waals surface area contributed by atoms with Gasteiger partial charge in [0.25, 0.3) is 0 Å². The van der Waals surface area contributed by atoms with Crippen molar-refractivity contribution < 1.29 is 19.0 Å². The van der Waals surface area contributed by atoms with Gasteiger partial charge >= 0.3 is 0 Å². The summed E-state index contributed by atoms with van der Waals surface area (Å²) in [5, 5.41) is 10.1. The summed E-state index contributed by atoms with van der Waals surface area (Å²) in [6, 6.07) is 3.70. The number of furan rings is 1. The van der Waals surface area contributed by atoms with Crippen LogP contribution in [0, 0.1) is 0 Å². The molecule has 2 fully saturated rings. The average Bonchev–Trinajstić information content (AvgIpc) is 2.90. The van der Waals surface area contributed by atoms with Gasteiger partial charge in [0.1, 0.15) is 12.4 Å². The van der Waals surface area contributed by atoms with Gasteiger partial charge < -0.3 is 19.0 Å². The van der Waals surface area contributed by atoms with Crippen LogP contribution in [0.2, 0.25) is 0 Å². The second-order valence-corrected chi connectivity index (χ2v) is 5.87. The van der Waals surface area contributed by atoms with Crippen LogP contribution in [-0.2, 0) is 16.1 Å². The van der Waals surface area contributed by atoms with Crippen molar-refractivity contribution in [2.45, 2.75) is 37.6 Å². The number of hydrogen-bond donors (Lipinski definition) is 1. The van der Waals surface area contributed by atoms with Gasteiger partial charge in [-0.2, -0.15) is 0 Å². The lowest BCUT2D eigenvalue weighted by Gasteiger charge is -2.48. The summed E-state index contributed by atoms with van der Waals surface area (Å²) >= 11 is 0. The van der Waals surface area contributed by atoms with Crippen LogP contribution < -0.4 is 0 Å². The summed E-state index contributed by atoms with van der Waals surface area (Å²) in [6.45, 7) is 4.03. The van der Waals surface area contributed by atoms with E-state index < -0.39 is 6.10 Å². The molecule has 5 nitrogen and oxygen atoms in total. The van der Waals surface area contributed by atoms with Crippen LogP contribution in [0.4, 0.5) is 0 Å². The van der Waals surface area contributed by atoms with E-state index in [2.05, 4.69) is 4.90 Å². The van der Waals surface area contributed by atoms with E-state index >= 15 is 0 Å². The van der Waals surface area contributed by atoms with E-state index in [0.717, 1.165) is 38.3 Å². The molecule has 1 unspecified atom stereocenters. The highest BCUT2D eigenvalue weighted by atomic mass is 16.5. The molecule has 1 spiro atoms. The Hall–Kier alpha value is -0.880. The normalized spacial score (nSPS) is 23.6.